The van der Waals surface area contributed by atoms with E-state index >= 15 is 0 Å². The number of phenols is 1. The number of azo groups is 1. The van der Waals surface area contributed by atoms with Gasteiger partial charge in [-0.25, -0.2) is 0 Å². The van der Waals surface area contributed by atoms with Crippen LogP contribution in [0.1, 0.15) is 25.0 Å². The van der Waals surface area contributed by atoms with Gasteiger partial charge >= 0.3 is 0 Å². The van der Waals surface area contributed by atoms with E-state index in [4.69, 9.17) is 0 Å². The van der Waals surface area contributed by atoms with Gasteiger partial charge < -0.3 is 15.0 Å². The van der Waals surface area contributed by atoms with Crippen LogP contribution in [0.2, 0.25) is 0 Å². The summed E-state index contributed by atoms with van der Waals surface area (Å²) in [7, 11) is -4.66. The summed E-state index contributed by atoms with van der Waals surface area (Å²) in [4.78, 5) is 11.2. The third kappa shape index (κ3) is 4.96. The molecule has 1 amide bonds. The molecule has 0 aliphatic rings. The summed E-state index contributed by atoms with van der Waals surface area (Å²) in [5.74, 6) is -0.985. The van der Waals surface area contributed by atoms with Gasteiger partial charge in [0.05, 0.1) is 16.0 Å². The molecule has 0 fully saturated rings. The quantitative estimate of drug-likeness (QED) is 0.166. The number of nitrogens with one attached hydrogen (secondary N) is 1. The molecule has 0 radical (unpaired) electrons. The SMILES string of the molecule is CCc1cccc2c(S(=O)[O-])c(N=Nc3c(C)cc4c(S(=O)(=O)O)ccc(NC(C)=O)c4c3O)ccc12. The van der Waals surface area contributed by atoms with Crippen molar-refractivity contribution in [2.24, 2.45) is 10.2 Å². The molecule has 0 bridgehead atoms. The Morgan fingerprint density at radius 3 is 2.43 bits per heavy atom. The molecule has 0 spiro atoms. The Balaban J connectivity index is 1.97. The fraction of sp³-hybridized carbons (Fsp3) is 0.160. The number of anilines is 1. The zero-order valence-electron chi connectivity index (χ0n) is 20.0. The van der Waals surface area contributed by atoms with Crippen molar-refractivity contribution in [3.05, 3.63) is 59.7 Å². The second-order valence-corrected chi connectivity index (χ2v) is 10.6. The van der Waals surface area contributed by atoms with Crippen LogP contribution in [0.3, 0.4) is 0 Å². The van der Waals surface area contributed by atoms with Gasteiger partial charge in [-0.05, 0) is 70.6 Å². The van der Waals surface area contributed by atoms with Crippen LogP contribution in [0.5, 0.6) is 5.75 Å². The zero-order valence-corrected chi connectivity index (χ0v) is 21.6. The van der Waals surface area contributed by atoms with Crippen molar-refractivity contribution in [3.8, 4) is 5.75 Å². The Morgan fingerprint density at radius 1 is 1.08 bits per heavy atom. The highest BCUT2D eigenvalue weighted by molar-refractivity contribution is 7.86. The molecule has 0 saturated heterocycles. The second kappa shape index (κ2) is 9.98. The van der Waals surface area contributed by atoms with Crippen molar-refractivity contribution >= 4 is 65.7 Å². The minimum absolute atomic E-state index is 0.0400. The van der Waals surface area contributed by atoms with Crippen molar-refractivity contribution in [2.75, 3.05) is 5.32 Å². The molecule has 3 N–H and O–H groups in total. The summed E-state index contributed by atoms with van der Waals surface area (Å²) < 4.78 is 57.9. The molecule has 1 unspecified atom stereocenters. The van der Waals surface area contributed by atoms with Crippen LogP contribution in [-0.2, 0) is 32.4 Å². The average molecular weight is 541 g/mol. The van der Waals surface area contributed by atoms with Crippen molar-refractivity contribution in [2.45, 2.75) is 37.0 Å². The molecule has 37 heavy (non-hydrogen) atoms. The highest BCUT2D eigenvalue weighted by Gasteiger charge is 2.22. The number of rotatable bonds is 6. The number of hydrogen-bond donors (Lipinski definition) is 3. The predicted molar refractivity (Wildman–Crippen MR) is 139 cm³/mol. The lowest BCUT2D eigenvalue weighted by Crippen LogP contribution is -2.08. The summed E-state index contributed by atoms with van der Waals surface area (Å²) >= 11 is -2.65. The smallest absolute Gasteiger partial charge is 0.295 e. The first kappa shape index (κ1) is 26.4. The molecular weight excluding hydrogens is 518 g/mol. The number of aromatic hydroxyl groups is 1. The predicted octanol–water partition coefficient (Wildman–Crippen LogP) is 5.43. The first-order chi connectivity index (χ1) is 17.4. The highest BCUT2D eigenvalue weighted by atomic mass is 32.2. The Morgan fingerprint density at radius 2 is 1.81 bits per heavy atom. The maximum absolute atomic E-state index is 12.2. The normalized spacial score (nSPS) is 12.9. The molecule has 4 rings (SSSR count). The maximum atomic E-state index is 12.2. The molecule has 4 aromatic carbocycles. The summed E-state index contributed by atoms with van der Waals surface area (Å²) in [6.45, 7) is 4.74. The van der Waals surface area contributed by atoms with Crippen molar-refractivity contribution in [1.82, 2.24) is 0 Å². The van der Waals surface area contributed by atoms with Gasteiger partial charge in [0.25, 0.3) is 10.1 Å². The first-order valence-electron chi connectivity index (χ1n) is 11.0. The first-order valence-corrected chi connectivity index (χ1v) is 13.6. The van der Waals surface area contributed by atoms with Gasteiger partial charge in [0.15, 0.2) is 5.75 Å². The lowest BCUT2D eigenvalue weighted by molar-refractivity contribution is -0.114. The monoisotopic (exact) mass is 540 g/mol. The van der Waals surface area contributed by atoms with Crippen LogP contribution < -0.4 is 5.32 Å². The molecule has 10 nitrogen and oxygen atoms in total. The third-order valence-corrected chi connectivity index (χ3v) is 7.55. The molecule has 12 heteroatoms. The molecule has 0 aliphatic carbocycles. The fourth-order valence-electron chi connectivity index (χ4n) is 4.28. The van der Waals surface area contributed by atoms with Gasteiger partial charge in [0, 0.05) is 12.3 Å². The molecule has 0 saturated carbocycles. The standard InChI is InChI=1S/C25H23N3O7S2/c1-4-15-6-5-7-17-16(15)8-9-20(25(17)36(31)32)27-28-23-13(2)12-18-21(37(33,34)35)11-10-19(26-14(3)29)22(18)24(23)30/h5-12,30H,4H2,1-3H3,(H,26,29)(H,31,32)(H,33,34,35)/p-1. The van der Waals surface area contributed by atoms with Crippen LogP contribution in [0, 0.1) is 6.92 Å². The van der Waals surface area contributed by atoms with E-state index in [0.29, 0.717) is 11.8 Å². The maximum Gasteiger partial charge on any atom is 0.295 e. The van der Waals surface area contributed by atoms with Crippen LogP contribution in [0.15, 0.2) is 68.6 Å². The number of nitrogens with zero attached hydrogens (tertiary/aromatic N) is 2. The molecule has 192 valence electrons. The van der Waals surface area contributed by atoms with Gasteiger partial charge in [0.2, 0.25) is 5.91 Å². The van der Waals surface area contributed by atoms with Crippen LogP contribution in [0.4, 0.5) is 17.1 Å². The third-order valence-electron chi connectivity index (χ3n) is 5.88. The number of carbonyl (C=O) groups excluding carboxylic acids is 1. The average Bonchev–Trinajstić information content (AvgIpc) is 2.81. The van der Waals surface area contributed by atoms with Gasteiger partial charge in [-0.2, -0.15) is 8.42 Å². The largest absolute Gasteiger partial charge is 0.768 e. The van der Waals surface area contributed by atoms with Crippen LogP contribution >= 0.6 is 0 Å². The van der Waals surface area contributed by atoms with E-state index in [9.17, 15) is 31.6 Å². The topological polar surface area (TPSA) is 169 Å². The van der Waals surface area contributed by atoms with E-state index in [2.05, 4.69) is 15.5 Å². The van der Waals surface area contributed by atoms with E-state index in [1.54, 1.807) is 18.2 Å². The fourth-order valence-corrected chi connectivity index (χ4v) is 5.60. The number of aryl methyl sites for hydroxylation is 2. The minimum atomic E-state index is -4.66. The minimum Gasteiger partial charge on any atom is -0.768 e. The Bertz CT molecular complexity index is 1750. The number of phenolic OH excluding ortho intramolecular Hbond substituents is 1. The van der Waals surface area contributed by atoms with Gasteiger partial charge in [0.1, 0.15) is 16.3 Å². The van der Waals surface area contributed by atoms with E-state index in [1.807, 2.05) is 13.0 Å². The van der Waals surface area contributed by atoms with E-state index in [-0.39, 0.29) is 38.3 Å². The van der Waals surface area contributed by atoms with E-state index in [1.165, 1.54) is 32.0 Å². The molecule has 0 aliphatic heterocycles. The highest BCUT2D eigenvalue weighted by Crippen LogP contribution is 2.44. The summed E-state index contributed by atoms with van der Waals surface area (Å²) in [5.41, 5.74) is 1.31. The summed E-state index contributed by atoms with van der Waals surface area (Å²) in [6.07, 6.45) is 0.704. The lowest BCUT2D eigenvalue weighted by Gasteiger charge is -2.15. The Kier molecular flexibility index (Phi) is 7.11. The molecule has 0 aromatic heterocycles. The van der Waals surface area contributed by atoms with E-state index in [0.717, 1.165) is 17.0 Å². The summed E-state index contributed by atoms with van der Waals surface area (Å²) in [5, 5.41) is 23.0. The molecular formula is C25H22N3O7S2-. The lowest BCUT2D eigenvalue weighted by atomic mass is 10.0. The summed E-state index contributed by atoms with van der Waals surface area (Å²) in [6, 6.07) is 12.3. The number of carbonyl (C=O) groups is 1. The van der Waals surface area contributed by atoms with Gasteiger partial charge in [-0.15, -0.1) is 10.2 Å². The Labute approximate surface area is 215 Å². The molecule has 0 heterocycles. The van der Waals surface area contributed by atoms with Crippen molar-refractivity contribution < 1.29 is 31.6 Å². The van der Waals surface area contributed by atoms with Crippen LogP contribution in [-0.4, -0.2) is 32.7 Å². The number of hydrogen-bond acceptors (Lipinski definition) is 8. The number of amides is 1. The molecule has 1 atom stereocenters. The van der Waals surface area contributed by atoms with Gasteiger partial charge in [-0.1, -0.05) is 31.2 Å². The second-order valence-electron chi connectivity index (χ2n) is 8.30. The van der Waals surface area contributed by atoms with Crippen molar-refractivity contribution in [3.63, 3.8) is 0 Å². The number of benzene rings is 4. The molecule has 4 aromatic rings. The Hall–Kier alpha value is -3.71. The number of fused-ring (bicyclic) bond motifs is 2. The van der Waals surface area contributed by atoms with Gasteiger partial charge in [-0.3, -0.25) is 13.6 Å². The van der Waals surface area contributed by atoms with E-state index < -0.39 is 37.8 Å². The van der Waals surface area contributed by atoms with Crippen molar-refractivity contribution in [1.29, 1.82) is 0 Å². The zero-order chi connectivity index (χ0) is 27.1. The van der Waals surface area contributed by atoms with Crippen LogP contribution in [0.25, 0.3) is 21.5 Å².